The number of nitrogens with zero attached hydrogens (tertiary/aromatic N) is 4. The standard InChI is InChI=1S/C27H20F2N4OS/c1-17-31-23(16-35-17)20-9-6-18(7-10-20)13-26-32-22-11-8-19(14-30)12-24(22)33(26)15-21-4-2-3-5-25(21)34-27(28)29/h2-12,16,27H,13,15H2,1H3. The Bertz CT molecular complexity index is 1530. The largest absolute Gasteiger partial charge is 0.434 e. The highest BCUT2D eigenvalue weighted by Gasteiger charge is 2.16. The summed E-state index contributed by atoms with van der Waals surface area (Å²) in [6.45, 7) is -0.657. The number of aromatic nitrogens is 3. The summed E-state index contributed by atoms with van der Waals surface area (Å²) in [7, 11) is 0. The van der Waals surface area contributed by atoms with E-state index in [0.717, 1.165) is 38.7 Å². The number of benzene rings is 3. The van der Waals surface area contributed by atoms with Crippen molar-refractivity contribution >= 4 is 22.4 Å². The van der Waals surface area contributed by atoms with Crippen LogP contribution in [0.2, 0.25) is 0 Å². The van der Waals surface area contributed by atoms with Crippen LogP contribution >= 0.6 is 11.3 Å². The van der Waals surface area contributed by atoms with Gasteiger partial charge in [0, 0.05) is 22.9 Å². The molecule has 5 rings (SSSR count). The average Bonchev–Trinajstić information content (AvgIpc) is 3.43. The zero-order valence-corrected chi connectivity index (χ0v) is 19.6. The Morgan fingerprint density at radius 2 is 1.86 bits per heavy atom. The van der Waals surface area contributed by atoms with E-state index in [9.17, 15) is 14.0 Å². The molecule has 0 amide bonds. The minimum absolute atomic E-state index is 0.120. The fourth-order valence-electron chi connectivity index (χ4n) is 4.04. The molecule has 2 heterocycles. The number of ether oxygens (including phenoxy) is 1. The van der Waals surface area contributed by atoms with Gasteiger partial charge in [-0.05, 0) is 36.8 Å². The number of imidazole rings is 1. The van der Waals surface area contributed by atoms with Gasteiger partial charge in [-0.3, -0.25) is 0 Å². The first-order valence-corrected chi connectivity index (χ1v) is 11.8. The summed E-state index contributed by atoms with van der Waals surface area (Å²) >= 11 is 1.61. The molecular formula is C27H20F2N4OS. The van der Waals surface area contributed by atoms with E-state index >= 15 is 0 Å². The molecule has 0 aliphatic heterocycles. The highest BCUT2D eigenvalue weighted by molar-refractivity contribution is 7.09. The van der Waals surface area contributed by atoms with Crippen molar-refractivity contribution < 1.29 is 13.5 Å². The second-order valence-electron chi connectivity index (χ2n) is 8.04. The molecule has 35 heavy (non-hydrogen) atoms. The molecule has 0 spiro atoms. The van der Waals surface area contributed by atoms with Crippen molar-refractivity contribution in [3.05, 3.63) is 99.6 Å². The lowest BCUT2D eigenvalue weighted by atomic mass is 10.1. The predicted octanol–water partition coefficient (Wildman–Crippen LogP) is 6.58. The number of rotatable bonds is 7. The summed E-state index contributed by atoms with van der Waals surface area (Å²) < 4.78 is 32.6. The van der Waals surface area contributed by atoms with E-state index in [1.54, 1.807) is 41.7 Å². The average molecular weight is 487 g/mol. The van der Waals surface area contributed by atoms with Gasteiger partial charge >= 0.3 is 6.61 Å². The van der Waals surface area contributed by atoms with Crippen LogP contribution < -0.4 is 4.74 Å². The molecule has 3 aromatic carbocycles. The molecule has 0 bridgehead atoms. The van der Waals surface area contributed by atoms with Gasteiger partial charge in [0.15, 0.2) is 0 Å². The molecule has 5 nitrogen and oxygen atoms in total. The zero-order valence-electron chi connectivity index (χ0n) is 18.8. The molecule has 0 saturated heterocycles. The Morgan fingerprint density at radius 1 is 1.06 bits per heavy atom. The van der Waals surface area contributed by atoms with Crippen molar-refractivity contribution in [3.63, 3.8) is 0 Å². The minimum Gasteiger partial charge on any atom is -0.434 e. The van der Waals surface area contributed by atoms with E-state index in [-0.39, 0.29) is 12.3 Å². The summed E-state index contributed by atoms with van der Waals surface area (Å²) in [6, 6.07) is 22.4. The van der Waals surface area contributed by atoms with Gasteiger partial charge in [-0.25, -0.2) is 9.97 Å². The number of para-hydroxylation sites is 1. The van der Waals surface area contributed by atoms with Crippen LogP contribution in [-0.4, -0.2) is 21.1 Å². The molecule has 0 radical (unpaired) electrons. The zero-order chi connectivity index (χ0) is 24.4. The van der Waals surface area contributed by atoms with E-state index in [4.69, 9.17) is 9.72 Å². The molecular weight excluding hydrogens is 466 g/mol. The summed E-state index contributed by atoms with van der Waals surface area (Å²) in [5, 5.41) is 12.5. The van der Waals surface area contributed by atoms with Crippen LogP contribution in [0.1, 0.15) is 27.5 Å². The first kappa shape index (κ1) is 22.7. The number of fused-ring (bicyclic) bond motifs is 1. The van der Waals surface area contributed by atoms with E-state index in [0.29, 0.717) is 17.5 Å². The SMILES string of the molecule is Cc1nc(-c2ccc(Cc3nc4ccc(C#N)cc4n3Cc3ccccc3OC(F)F)cc2)cs1. The van der Waals surface area contributed by atoms with Crippen molar-refractivity contribution in [2.24, 2.45) is 0 Å². The quantitative estimate of drug-likeness (QED) is 0.261. The highest BCUT2D eigenvalue weighted by atomic mass is 32.1. The van der Waals surface area contributed by atoms with Crippen molar-refractivity contribution in [2.75, 3.05) is 0 Å². The third kappa shape index (κ3) is 4.91. The number of aryl methyl sites for hydroxylation is 1. The molecule has 0 saturated carbocycles. The van der Waals surface area contributed by atoms with Gasteiger partial charge in [0.1, 0.15) is 11.6 Å². The molecule has 2 aromatic heterocycles. The van der Waals surface area contributed by atoms with Crippen LogP contribution in [0.25, 0.3) is 22.3 Å². The van der Waals surface area contributed by atoms with E-state index in [1.165, 1.54) is 6.07 Å². The van der Waals surface area contributed by atoms with Gasteiger partial charge in [0.05, 0.1) is 39.9 Å². The Kier molecular flexibility index (Phi) is 6.25. The summed E-state index contributed by atoms with van der Waals surface area (Å²) in [5.41, 5.74) is 5.65. The molecule has 174 valence electrons. The Hall–Kier alpha value is -4.09. The molecule has 0 aliphatic rings. The van der Waals surface area contributed by atoms with Crippen LogP contribution in [0.4, 0.5) is 8.78 Å². The van der Waals surface area contributed by atoms with Crippen LogP contribution in [0.3, 0.4) is 0 Å². The third-order valence-corrected chi connectivity index (χ3v) is 6.48. The Balaban J connectivity index is 1.52. The minimum atomic E-state index is -2.92. The number of thiazole rings is 1. The van der Waals surface area contributed by atoms with Gasteiger partial charge < -0.3 is 9.30 Å². The number of hydrogen-bond acceptors (Lipinski definition) is 5. The molecule has 0 atom stereocenters. The number of halogens is 2. The van der Waals surface area contributed by atoms with E-state index in [2.05, 4.69) is 11.1 Å². The molecule has 8 heteroatoms. The lowest BCUT2D eigenvalue weighted by Crippen LogP contribution is -2.09. The van der Waals surface area contributed by atoms with Crippen molar-refractivity contribution in [3.8, 4) is 23.1 Å². The van der Waals surface area contributed by atoms with Gasteiger partial charge in [-0.1, -0.05) is 42.5 Å². The summed E-state index contributed by atoms with van der Waals surface area (Å²) in [6.07, 6.45) is 0.533. The molecule has 0 fully saturated rings. The van der Waals surface area contributed by atoms with Crippen LogP contribution in [0.15, 0.2) is 72.1 Å². The molecule has 5 aromatic rings. The van der Waals surface area contributed by atoms with Gasteiger partial charge in [0.25, 0.3) is 0 Å². The fourth-order valence-corrected chi connectivity index (χ4v) is 4.66. The topological polar surface area (TPSA) is 63.7 Å². The monoisotopic (exact) mass is 486 g/mol. The maximum Gasteiger partial charge on any atom is 0.387 e. The first-order valence-electron chi connectivity index (χ1n) is 10.9. The maximum atomic E-state index is 13.0. The first-order chi connectivity index (χ1) is 17.0. The number of nitriles is 1. The Labute approximate surface area is 204 Å². The molecule has 0 N–H and O–H groups in total. The van der Waals surface area contributed by atoms with E-state index in [1.807, 2.05) is 47.2 Å². The lowest BCUT2D eigenvalue weighted by Gasteiger charge is -2.14. The van der Waals surface area contributed by atoms with Gasteiger partial charge in [-0.2, -0.15) is 14.0 Å². The normalized spacial score (nSPS) is 11.2. The van der Waals surface area contributed by atoms with Gasteiger partial charge in [-0.15, -0.1) is 11.3 Å². The highest BCUT2D eigenvalue weighted by Crippen LogP contribution is 2.27. The van der Waals surface area contributed by atoms with Crippen molar-refractivity contribution in [1.82, 2.24) is 14.5 Å². The molecule has 0 unspecified atom stereocenters. The van der Waals surface area contributed by atoms with Crippen molar-refractivity contribution in [1.29, 1.82) is 5.26 Å². The predicted molar refractivity (Wildman–Crippen MR) is 132 cm³/mol. The summed E-state index contributed by atoms with van der Waals surface area (Å²) in [4.78, 5) is 9.35. The number of hydrogen-bond donors (Lipinski definition) is 0. The van der Waals surface area contributed by atoms with Gasteiger partial charge in [0.2, 0.25) is 0 Å². The molecule has 0 aliphatic carbocycles. The summed E-state index contributed by atoms with van der Waals surface area (Å²) in [5.74, 6) is 0.883. The van der Waals surface area contributed by atoms with E-state index < -0.39 is 6.61 Å². The van der Waals surface area contributed by atoms with Crippen molar-refractivity contribution in [2.45, 2.75) is 26.5 Å². The second-order valence-corrected chi connectivity index (χ2v) is 9.10. The second kappa shape index (κ2) is 9.65. The Morgan fingerprint density at radius 3 is 2.57 bits per heavy atom. The van der Waals surface area contributed by atoms with Crippen LogP contribution in [0.5, 0.6) is 5.75 Å². The lowest BCUT2D eigenvalue weighted by molar-refractivity contribution is -0.0504. The van der Waals surface area contributed by atoms with Crippen LogP contribution in [0, 0.1) is 18.3 Å². The van der Waals surface area contributed by atoms with Crippen LogP contribution in [-0.2, 0) is 13.0 Å². The fraction of sp³-hybridized carbons (Fsp3) is 0.148. The third-order valence-electron chi connectivity index (χ3n) is 5.70. The maximum absolute atomic E-state index is 13.0. The number of alkyl halides is 2. The smallest absolute Gasteiger partial charge is 0.387 e.